The Kier molecular flexibility index (Phi) is 4.32. The number of ether oxygens (including phenoxy) is 1. The van der Waals surface area contributed by atoms with Crippen molar-refractivity contribution in [3.05, 3.63) is 24.4 Å². The number of methoxy groups -OCH3 is 1. The monoisotopic (exact) mass is 197 g/mol. The first-order chi connectivity index (χ1) is 6.33. The van der Waals surface area contributed by atoms with Crippen LogP contribution in [-0.2, 0) is 9.53 Å². The van der Waals surface area contributed by atoms with Gasteiger partial charge in [-0.25, -0.2) is 4.98 Å². The van der Waals surface area contributed by atoms with E-state index >= 15 is 0 Å². The quantitative estimate of drug-likeness (QED) is 0.544. The first-order valence-electron chi connectivity index (χ1n) is 3.93. The summed E-state index contributed by atoms with van der Waals surface area (Å²) in [7, 11) is 1.40. The second kappa shape index (κ2) is 5.59. The largest absolute Gasteiger partial charge is 0.469 e. The van der Waals surface area contributed by atoms with E-state index in [0.29, 0.717) is 12.2 Å². The van der Waals surface area contributed by atoms with Gasteiger partial charge in [0, 0.05) is 11.9 Å². The summed E-state index contributed by atoms with van der Waals surface area (Å²) in [4.78, 5) is 14.9. The second-order valence-electron chi connectivity index (χ2n) is 2.34. The first kappa shape index (κ1) is 10.1. The van der Waals surface area contributed by atoms with Crippen molar-refractivity contribution in [2.75, 3.05) is 12.9 Å². The third-order valence-electron chi connectivity index (χ3n) is 1.42. The standard InChI is InChI=1S/C9H11NO2S/c1-12-9(11)5-7-13-8-4-2-3-6-10-8/h2-4,6H,5,7H2,1H3. The minimum absolute atomic E-state index is 0.177. The van der Waals surface area contributed by atoms with Crippen molar-refractivity contribution in [2.45, 2.75) is 11.4 Å². The zero-order valence-electron chi connectivity index (χ0n) is 7.40. The summed E-state index contributed by atoms with van der Waals surface area (Å²) in [6.07, 6.45) is 2.16. The van der Waals surface area contributed by atoms with Crippen LogP contribution in [0.25, 0.3) is 0 Å². The van der Waals surface area contributed by atoms with Crippen LogP contribution in [-0.4, -0.2) is 23.8 Å². The number of rotatable bonds is 4. The zero-order valence-corrected chi connectivity index (χ0v) is 8.21. The zero-order chi connectivity index (χ0) is 9.52. The molecule has 0 spiro atoms. The van der Waals surface area contributed by atoms with Crippen LogP contribution < -0.4 is 0 Å². The Morgan fingerprint density at radius 1 is 1.62 bits per heavy atom. The van der Waals surface area contributed by atoms with Gasteiger partial charge in [-0.3, -0.25) is 4.79 Å². The Bertz CT molecular complexity index is 264. The van der Waals surface area contributed by atoms with Crippen LogP contribution in [0.1, 0.15) is 6.42 Å². The number of pyridine rings is 1. The Morgan fingerprint density at radius 2 is 2.46 bits per heavy atom. The predicted molar refractivity (Wildman–Crippen MR) is 51.6 cm³/mol. The van der Waals surface area contributed by atoms with Crippen LogP contribution >= 0.6 is 11.8 Å². The lowest BCUT2D eigenvalue weighted by Gasteiger charge is -1.98. The molecule has 0 fully saturated rings. The molecule has 0 amide bonds. The molecule has 1 heterocycles. The highest BCUT2D eigenvalue weighted by molar-refractivity contribution is 7.99. The molecule has 13 heavy (non-hydrogen) atoms. The van der Waals surface area contributed by atoms with E-state index in [1.165, 1.54) is 7.11 Å². The van der Waals surface area contributed by atoms with Gasteiger partial charge in [-0.15, -0.1) is 11.8 Å². The fourth-order valence-electron chi connectivity index (χ4n) is 0.773. The fourth-order valence-corrected chi connectivity index (χ4v) is 1.56. The van der Waals surface area contributed by atoms with E-state index in [-0.39, 0.29) is 5.97 Å². The highest BCUT2D eigenvalue weighted by atomic mass is 32.2. The van der Waals surface area contributed by atoms with E-state index in [9.17, 15) is 4.79 Å². The summed E-state index contributed by atoms with van der Waals surface area (Å²) >= 11 is 1.55. The highest BCUT2D eigenvalue weighted by Crippen LogP contribution is 2.14. The average Bonchev–Trinajstić information content (AvgIpc) is 2.19. The summed E-state index contributed by atoms with van der Waals surface area (Å²) in [6, 6.07) is 5.71. The molecule has 0 bridgehead atoms. The molecule has 70 valence electrons. The number of hydrogen-bond donors (Lipinski definition) is 0. The van der Waals surface area contributed by atoms with E-state index in [2.05, 4.69) is 9.72 Å². The highest BCUT2D eigenvalue weighted by Gasteiger charge is 2.00. The molecular weight excluding hydrogens is 186 g/mol. The molecule has 0 radical (unpaired) electrons. The summed E-state index contributed by atoms with van der Waals surface area (Å²) < 4.78 is 4.52. The Labute approximate surface area is 81.5 Å². The van der Waals surface area contributed by atoms with Gasteiger partial charge in [0.1, 0.15) is 0 Å². The van der Waals surface area contributed by atoms with Crippen LogP contribution in [0, 0.1) is 0 Å². The van der Waals surface area contributed by atoms with E-state index in [4.69, 9.17) is 0 Å². The lowest BCUT2D eigenvalue weighted by molar-refractivity contribution is -0.140. The van der Waals surface area contributed by atoms with Crippen molar-refractivity contribution in [3.63, 3.8) is 0 Å². The van der Waals surface area contributed by atoms with Gasteiger partial charge < -0.3 is 4.74 Å². The number of carbonyl (C=O) groups is 1. The molecule has 0 unspecified atom stereocenters. The van der Waals surface area contributed by atoms with Gasteiger partial charge in [0.05, 0.1) is 18.6 Å². The van der Waals surface area contributed by atoms with Crippen molar-refractivity contribution in [1.29, 1.82) is 0 Å². The molecule has 0 atom stereocenters. The van der Waals surface area contributed by atoms with Gasteiger partial charge in [0.15, 0.2) is 0 Å². The summed E-state index contributed by atoms with van der Waals surface area (Å²) in [5.74, 6) is 0.535. The van der Waals surface area contributed by atoms with Crippen molar-refractivity contribution in [1.82, 2.24) is 4.98 Å². The van der Waals surface area contributed by atoms with Gasteiger partial charge in [0.25, 0.3) is 0 Å². The maximum Gasteiger partial charge on any atom is 0.306 e. The van der Waals surface area contributed by atoms with E-state index < -0.39 is 0 Å². The molecule has 0 saturated heterocycles. The Balaban J connectivity index is 2.24. The molecule has 1 aromatic rings. The number of esters is 1. The van der Waals surface area contributed by atoms with Crippen molar-refractivity contribution in [2.24, 2.45) is 0 Å². The van der Waals surface area contributed by atoms with E-state index in [1.54, 1.807) is 18.0 Å². The van der Waals surface area contributed by atoms with Crippen LogP contribution in [0.2, 0.25) is 0 Å². The van der Waals surface area contributed by atoms with Crippen LogP contribution in [0.4, 0.5) is 0 Å². The van der Waals surface area contributed by atoms with Crippen molar-refractivity contribution in [3.8, 4) is 0 Å². The van der Waals surface area contributed by atoms with Crippen molar-refractivity contribution >= 4 is 17.7 Å². The van der Waals surface area contributed by atoms with Gasteiger partial charge in [0.2, 0.25) is 0 Å². The van der Waals surface area contributed by atoms with E-state index in [0.717, 1.165) is 5.03 Å². The molecule has 3 nitrogen and oxygen atoms in total. The topological polar surface area (TPSA) is 39.2 Å². The van der Waals surface area contributed by atoms with Crippen molar-refractivity contribution < 1.29 is 9.53 Å². The minimum Gasteiger partial charge on any atom is -0.469 e. The number of hydrogen-bond acceptors (Lipinski definition) is 4. The smallest absolute Gasteiger partial charge is 0.306 e. The lowest BCUT2D eigenvalue weighted by atomic mass is 10.5. The van der Waals surface area contributed by atoms with Gasteiger partial charge in [-0.2, -0.15) is 0 Å². The maximum atomic E-state index is 10.7. The summed E-state index contributed by atoms with van der Waals surface area (Å²) in [6.45, 7) is 0. The third kappa shape index (κ3) is 3.94. The van der Waals surface area contributed by atoms with Gasteiger partial charge in [-0.1, -0.05) is 6.07 Å². The Morgan fingerprint density at radius 3 is 3.08 bits per heavy atom. The molecule has 0 aliphatic rings. The van der Waals surface area contributed by atoms with Crippen LogP contribution in [0.5, 0.6) is 0 Å². The average molecular weight is 197 g/mol. The minimum atomic E-state index is -0.177. The van der Waals surface area contributed by atoms with Crippen LogP contribution in [0.15, 0.2) is 29.4 Å². The molecule has 0 aromatic carbocycles. The number of aromatic nitrogens is 1. The number of carbonyl (C=O) groups excluding carboxylic acids is 1. The molecule has 1 aromatic heterocycles. The predicted octanol–water partition coefficient (Wildman–Crippen LogP) is 1.74. The summed E-state index contributed by atoms with van der Waals surface area (Å²) in [5, 5.41) is 0.936. The normalized spacial score (nSPS) is 9.62. The number of thioether (sulfide) groups is 1. The molecule has 0 N–H and O–H groups in total. The molecule has 0 saturated carbocycles. The number of nitrogens with zero attached hydrogens (tertiary/aromatic N) is 1. The fraction of sp³-hybridized carbons (Fsp3) is 0.333. The second-order valence-corrected chi connectivity index (χ2v) is 3.46. The molecule has 0 aliphatic carbocycles. The molecule has 0 aliphatic heterocycles. The van der Waals surface area contributed by atoms with E-state index in [1.807, 2.05) is 18.2 Å². The molecule has 1 rings (SSSR count). The molecule has 4 heteroatoms. The molecular formula is C9H11NO2S. The Hall–Kier alpha value is -1.03. The van der Waals surface area contributed by atoms with Gasteiger partial charge >= 0.3 is 5.97 Å². The maximum absolute atomic E-state index is 10.7. The van der Waals surface area contributed by atoms with Crippen LogP contribution in [0.3, 0.4) is 0 Å². The van der Waals surface area contributed by atoms with Gasteiger partial charge in [-0.05, 0) is 12.1 Å². The lowest BCUT2D eigenvalue weighted by Crippen LogP contribution is -2.00. The SMILES string of the molecule is COC(=O)CCSc1ccccn1. The summed E-state index contributed by atoms with van der Waals surface area (Å²) in [5.41, 5.74) is 0. The third-order valence-corrected chi connectivity index (χ3v) is 2.37. The first-order valence-corrected chi connectivity index (χ1v) is 4.92.